The van der Waals surface area contributed by atoms with Crippen LogP contribution in [0.5, 0.6) is 11.5 Å². The molecule has 0 aliphatic carbocycles. The summed E-state index contributed by atoms with van der Waals surface area (Å²) in [4.78, 5) is 59.9. The predicted octanol–water partition coefficient (Wildman–Crippen LogP) is 5.35. The summed E-state index contributed by atoms with van der Waals surface area (Å²) in [5.74, 6) is -4.95. The first-order valence-electron chi connectivity index (χ1n) is 18.2. The van der Waals surface area contributed by atoms with Gasteiger partial charge < -0.3 is 36.3 Å². The maximum atomic E-state index is 15.7. The SMILES string of the molecule is Cc1cc(OCC(=O)C(CCCCN)NC(=O)C(C)(C)OCc2ccc(F)c(OCC(=O)C(CCCCN)NC(=O)c3cccc(N=[N+]=[N-])c3)c2F)cc(C)n1. The van der Waals surface area contributed by atoms with E-state index >= 15 is 4.39 Å². The number of aromatic nitrogens is 1. The quantitative estimate of drug-likeness (QED) is 0.0394. The molecule has 2 amide bonds. The van der Waals surface area contributed by atoms with Crippen molar-refractivity contribution in [3.8, 4) is 11.5 Å². The minimum absolute atomic E-state index is 0.128. The summed E-state index contributed by atoms with van der Waals surface area (Å²) < 4.78 is 47.4. The second kappa shape index (κ2) is 22.2. The third kappa shape index (κ3) is 14.0. The molecule has 2 aromatic carbocycles. The number of carbonyl (C=O) groups is 4. The van der Waals surface area contributed by atoms with E-state index in [9.17, 15) is 23.6 Å². The van der Waals surface area contributed by atoms with Crippen molar-refractivity contribution >= 4 is 29.1 Å². The van der Waals surface area contributed by atoms with Crippen LogP contribution < -0.4 is 31.6 Å². The number of azide groups is 1. The van der Waals surface area contributed by atoms with Crippen LogP contribution in [0.4, 0.5) is 14.5 Å². The van der Waals surface area contributed by atoms with Gasteiger partial charge >= 0.3 is 0 Å². The summed E-state index contributed by atoms with van der Waals surface area (Å²) in [5.41, 5.74) is 20.0. The molecule has 302 valence electrons. The van der Waals surface area contributed by atoms with Crippen LogP contribution in [0, 0.1) is 25.5 Å². The van der Waals surface area contributed by atoms with Crippen LogP contribution in [0.2, 0.25) is 0 Å². The average molecular weight is 781 g/mol. The highest BCUT2D eigenvalue weighted by Crippen LogP contribution is 2.27. The Morgan fingerprint density at radius 2 is 1.48 bits per heavy atom. The van der Waals surface area contributed by atoms with Crippen LogP contribution in [-0.2, 0) is 25.7 Å². The van der Waals surface area contributed by atoms with Crippen molar-refractivity contribution in [2.24, 2.45) is 16.6 Å². The van der Waals surface area contributed by atoms with Crippen LogP contribution in [0.3, 0.4) is 0 Å². The van der Waals surface area contributed by atoms with Crippen molar-refractivity contribution < 1.29 is 42.2 Å². The number of hydrogen-bond donors (Lipinski definition) is 4. The Hall–Kier alpha value is -5.48. The Kier molecular flexibility index (Phi) is 17.8. The molecule has 56 heavy (non-hydrogen) atoms. The van der Waals surface area contributed by atoms with Gasteiger partial charge in [0.05, 0.1) is 18.7 Å². The Morgan fingerprint density at radius 1 is 0.875 bits per heavy atom. The Labute approximate surface area is 324 Å². The fourth-order valence-electron chi connectivity index (χ4n) is 5.47. The van der Waals surface area contributed by atoms with E-state index < -0.39 is 65.9 Å². The van der Waals surface area contributed by atoms with E-state index in [-0.39, 0.29) is 35.6 Å². The van der Waals surface area contributed by atoms with Crippen molar-refractivity contribution in [1.82, 2.24) is 15.6 Å². The minimum Gasteiger partial charge on any atom is -0.486 e. The Morgan fingerprint density at radius 3 is 2.09 bits per heavy atom. The zero-order valence-corrected chi connectivity index (χ0v) is 32.1. The summed E-state index contributed by atoms with van der Waals surface area (Å²) in [7, 11) is 0. The topological polar surface area (TPSA) is 234 Å². The van der Waals surface area contributed by atoms with E-state index in [4.69, 9.17) is 31.2 Å². The van der Waals surface area contributed by atoms with Crippen LogP contribution in [0.15, 0.2) is 53.6 Å². The summed E-state index contributed by atoms with van der Waals surface area (Å²) >= 11 is 0. The highest BCUT2D eigenvalue weighted by molar-refractivity contribution is 5.98. The van der Waals surface area contributed by atoms with E-state index in [1.807, 2.05) is 0 Å². The number of pyridine rings is 1. The number of rotatable bonds is 24. The first kappa shape index (κ1) is 44.9. The summed E-state index contributed by atoms with van der Waals surface area (Å²) in [6.45, 7) is 5.63. The first-order chi connectivity index (χ1) is 26.7. The second-order valence-corrected chi connectivity index (χ2v) is 13.6. The summed E-state index contributed by atoms with van der Waals surface area (Å²) in [6, 6.07) is 9.26. The van der Waals surface area contributed by atoms with Gasteiger partial charge in [-0.3, -0.25) is 24.2 Å². The van der Waals surface area contributed by atoms with E-state index in [0.29, 0.717) is 50.9 Å². The summed E-state index contributed by atoms with van der Waals surface area (Å²) in [6.07, 6.45) is 2.67. The number of halogens is 2. The number of amides is 2. The van der Waals surface area contributed by atoms with Gasteiger partial charge in [-0.2, -0.15) is 0 Å². The van der Waals surface area contributed by atoms with Gasteiger partial charge in [-0.25, -0.2) is 8.78 Å². The normalized spacial score (nSPS) is 12.2. The third-order valence-electron chi connectivity index (χ3n) is 8.61. The molecule has 0 saturated carbocycles. The zero-order valence-electron chi connectivity index (χ0n) is 32.1. The van der Waals surface area contributed by atoms with E-state index in [1.165, 1.54) is 38.1 Å². The van der Waals surface area contributed by atoms with Crippen LogP contribution in [0.1, 0.15) is 79.7 Å². The number of ketones is 2. The van der Waals surface area contributed by atoms with Gasteiger partial charge in [-0.1, -0.05) is 23.3 Å². The number of ether oxygens (including phenoxy) is 3. The maximum absolute atomic E-state index is 15.7. The molecular weight excluding hydrogens is 730 g/mol. The summed E-state index contributed by atoms with van der Waals surface area (Å²) in [5, 5.41) is 8.81. The zero-order chi connectivity index (χ0) is 41.3. The molecule has 2 unspecified atom stereocenters. The lowest BCUT2D eigenvalue weighted by atomic mass is 10.0. The number of carbonyl (C=O) groups excluding carboxylic acids is 4. The highest BCUT2D eigenvalue weighted by Gasteiger charge is 2.33. The minimum atomic E-state index is -1.58. The van der Waals surface area contributed by atoms with E-state index in [2.05, 4.69) is 25.6 Å². The number of unbranched alkanes of at least 4 members (excludes halogenated alkanes) is 2. The van der Waals surface area contributed by atoms with Crippen molar-refractivity contribution in [3.63, 3.8) is 0 Å². The molecule has 2 atom stereocenters. The monoisotopic (exact) mass is 780 g/mol. The smallest absolute Gasteiger partial charge is 0.252 e. The van der Waals surface area contributed by atoms with Gasteiger partial charge in [0.15, 0.2) is 29.0 Å². The molecule has 0 saturated heterocycles. The van der Waals surface area contributed by atoms with Crippen LogP contribution in [-0.4, -0.2) is 72.4 Å². The molecule has 15 nitrogen and oxygen atoms in total. The number of benzene rings is 2. The van der Waals surface area contributed by atoms with Gasteiger partial charge in [-0.15, -0.1) is 0 Å². The van der Waals surface area contributed by atoms with E-state index in [0.717, 1.165) is 23.5 Å². The number of aryl methyl sites for hydroxylation is 2. The number of nitrogens with zero attached hydrogens (tertiary/aromatic N) is 4. The van der Waals surface area contributed by atoms with Crippen molar-refractivity contribution in [2.75, 3.05) is 26.3 Å². The number of hydrogen-bond acceptors (Lipinski definition) is 11. The van der Waals surface area contributed by atoms with Crippen molar-refractivity contribution in [2.45, 2.75) is 90.5 Å². The molecule has 0 bridgehead atoms. The standard InChI is InChI=1S/C39H50F2N8O7/c1-24-18-29(19-25(2)45-24)54-22-33(50)32(13-6-8-17-43)47-38(53)39(3,4)56-21-27-14-15-30(40)36(35(27)41)55-23-34(51)31(12-5-7-16-42)46-37(52)26-10-9-11-28(20-26)48-49-44/h9-11,14-15,18-20,31-32H,5-8,12-13,16-17,21-23,42-43H2,1-4H3,(H,46,52)(H,47,53). The fraction of sp³-hybridized carbons (Fsp3) is 0.462. The fourth-order valence-corrected chi connectivity index (χ4v) is 5.47. The number of Topliss-reactive ketones (excluding diaryl/α,β-unsaturated/α-hetero) is 2. The molecule has 3 rings (SSSR count). The van der Waals surface area contributed by atoms with Crippen LogP contribution in [0.25, 0.3) is 10.4 Å². The molecule has 0 radical (unpaired) electrons. The van der Waals surface area contributed by atoms with Gasteiger partial charge in [0.2, 0.25) is 0 Å². The van der Waals surface area contributed by atoms with Gasteiger partial charge in [0, 0.05) is 45.2 Å². The van der Waals surface area contributed by atoms with Crippen molar-refractivity contribution in [3.05, 3.63) is 93.1 Å². The molecule has 17 heteroatoms. The molecule has 6 N–H and O–H groups in total. The molecule has 1 aromatic heterocycles. The Bertz CT molecular complexity index is 1870. The average Bonchev–Trinajstić information content (AvgIpc) is 3.15. The van der Waals surface area contributed by atoms with E-state index in [1.54, 1.807) is 26.0 Å². The highest BCUT2D eigenvalue weighted by atomic mass is 19.1. The molecular formula is C39H50F2N8O7. The van der Waals surface area contributed by atoms with Gasteiger partial charge in [-0.05, 0) is 103 Å². The molecule has 0 fully saturated rings. The Balaban J connectivity index is 1.67. The molecule has 0 aliphatic rings. The number of nitrogens with two attached hydrogens (primary N) is 2. The predicted molar refractivity (Wildman–Crippen MR) is 204 cm³/mol. The second-order valence-electron chi connectivity index (χ2n) is 13.6. The largest absolute Gasteiger partial charge is 0.486 e. The molecule has 1 heterocycles. The van der Waals surface area contributed by atoms with Gasteiger partial charge in [0.25, 0.3) is 11.8 Å². The lowest BCUT2D eigenvalue weighted by Crippen LogP contribution is -2.51. The third-order valence-corrected chi connectivity index (χ3v) is 8.61. The number of nitrogens with one attached hydrogen (secondary N) is 2. The lowest BCUT2D eigenvalue weighted by molar-refractivity contribution is -0.146. The van der Waals surface area contributed by atoms with Crippen LogP contribution >= 0.6 is 0 Å². The first-order valence-corrected chi connectivity index (χ1v) is 18.2. The molecule has 0 aliphatic heterocycles. The molecule has 3 aromatic rings. The van der Waals surface area contributed by atoms with Gasteiger partial charge in [0.1, 0.15) is 24.6 Å². The maximum Gasteiger partial charge on any atom is 0.252 e. The molecule has 0 spiro atoms. The lowest BCUT2D eigenvalue weighted by Gasteiger charge is -2.27. The van der Waals surface area contributed by atoms with Crippen molar-refractivity contribution in [1.29, 1.82) is 0 Å².